The fourth-order valence-electron chi connectivity index (χ4n) is 0.190. The molecule has 6 heteroatoms. The predicted molar refractivity (Wildman–Crippen MR) is 34.6 cm³/mol. The number of nitrogens with one attached hydrogen (secondary N) is 1. The van der Waals surface area contributed by atoms with Crippen molar-refractivity contribution in [2.75, 3.05) is 6.61 Å². The SMILES string of the molecule is Cl.NNC(=O)C(N)CO. The van der Waals surface area contributed by atoms with E-state index in [9.17, 15) is 4.79 Å². The monoisotopic (exact) mass is 155 g/mol. The number of hydrogen-bond acceptors (Lipinski definition) is 4. The molecule has 0 saturated heterocycles. The minimum Gasteiger partial charge on any atom is -0.394 e. The first kappa shape index (κ1) is 11.4. The maximum absolute atomic E-state index is 10.2. The average molecular weight is 156 g/mol. The van der Waals surface area contributed by atoms with Gasteiger partial charge < -0.3 is 10.8 Å². The largest absolute Gasteiger partial charge is 0.394 e. The van der Waals surface area contributed by atoms with Crippen LogP contribution in [0.1, 0.15) is 0 Å². The second-order valence-corrected chi connectivity index (χ2v) is 1.30. The summed E-state index contributed by atoms with van der Waals surface area (Å²) in [6.07, 6.45) is 0. The number of nitrogens with two attached hydrogens (primary N) is 2. The Morgan fingerprint density at radius 1 is 1.78 bits per heavy atom. The fourth-order valence-corrected chi connectivity index (χ4v) is 0.190. The Morgan fingerprint density at radius 3 is 2.33 bits per heavy atom. The van der Waals surface area contributed by atoms with Crippen LogP contribution in [0.2, 0.25) is 0 Å². The summed E-state index contributed by atoms with van der Waals surface area (Å²) in [6.45, 7) is -0.386. The van der Waals surface area contributed by atoms with E-state index in [1.54, 1.807) is 5.43 Å². The molecule has 0 aliphatic heterocycles. The second-order valence-electron chi connectivity index (χ2n) is 1.30. The molecule has 0 spiro atoms. The third-order valence-corrected chi connectivity index (χ3v) is 0.676. The summed E-state index contributed by atoms with van der Waals surface area (Å²) in [5.41, 5.74) is 6.78. The fraction of sp³-hybridized carbons (Fsp3) is 0.667. The van der Waals surface area contributed by atoms with Gasteiger partial charge in [0.15, 0.2) is 0 Å². The number of rotatable bonds is 2. The van der Waals surface area contributed by atoms with Crippen LogP contribution in [-0.2, 0) is 4.79 Å². The average Bonchev–Trinajstić information content (AvgIpc) is 1.84. The number of halogens is 1. The van der Waals surface area contributed by atoms with Crippen LogP contribution >= 0.6 is 12.4 Å². The predicted octanol–water partition coefficient (Wildman–Crippen LogP) is -2.28. The van der Waals surface area contributed by atoms with E-state index in [0.29, 0.717) is 0 Å². The zero-order valence-corrected chi connectivity index (χ0v) is 5.52. The molecule has 0 aromatic carbocycles. The van der Waals surface area contributed by atoms with E-state index < -0.39 is 11.9 Å². The molecule has 0 aromatic rings. The first-order valence-corrected chi connectivity index (χ1v) is 2.09. The highest BCUT2D eigenvalue weighted by Crippen LogP contribution is 1.70. The van der Waals surface area contributed by atoms with Crippen LogP contribution in [0, 0.1) is 0 Å². The van der Waals surface area contributed by atoms with Crippen molar-refractivity contribution in [1.82, 2.24) is 5.43 Å². The summed E-state index contributed by atoms with van der Waals surface area (Å²) < 4.78 is 0. The molecule has 0 fully saturated rings. The van der Waals surface area contributed by atoms with Crippen molar-refractivity contribution < 1.29 is 9.90 Å². The van der Waals surface area contributed by atoms with Crippen molar-refractivity contribution in [3.05, 3.63) is 0 Å². The molecule has 6 N–H and O–H groups in total. The van der Waals surface area contributed by atoms with Gasteiger partial charge in [0, 0.05) is 0 Å². The molecular formula is C3H10ClN3O2. The molecule has 0 rings (SSSR count). The zero-order valence-electron chi connectivity index (χ0n) is 4.70. The lowest BCUT2D eigenvalue weighted by Crippen LogP contribution is -2.45. The molecular weight excluding hydrogens is 146 g/mol. The molecule has 0 saturated carbocycles. The van der Waals surface area contributed by atoms with Crippen molar-refractivity contribution in [3.63, 3.8) is 0 Å². The molecule has 0 aliphatic rings. The Labute approximate surface area is 58.8 Å². The number of carbonyl (C=O) groups excluding carboxylic acids is 1. The van der Waals surface area contributed by atoms with Gasteiger partial charge in [-0.15, -0.1) is 12.4 Å². The lowest BCUT2D eigenvalue weighted by atomic mass is 10.3. The van der Waals surface area contributed by atoms with Gasteiger partial charge in [-0.25, -0.2) is 5.84 Å². The highest BCUT2D eigenvalue weighted by molar-refractivity contribution is 5.85. The van der Waals surface area contributed by atoms with Crippen molar-refractivity contribution in [3.8, 4) is 0 Å². The Kier molecular flexibility index (Phi) is 7.33. The Morgan fingerprint density at radius 2 is 2.22 bits per heavy atom. The maximum atomic E-state index is 10.2. The molecule has 5 nitrogen and oxygen atoms in total. The Bertz CT molecular complexity index is 89.1. The van der Waals surface area contributed by atoms with E-state index in [0.717, 1.165) is 0 Å². The molecule has 9 heavy (non-hydrogen) atoms. The van der Waals surface area contributed by atoms with Gasteiger partial charge in [0.2, 0.25) is 0 Å². The highest BCUT2D eigenvalue weighted by atomic mass is 35.5. The van der Waals surface area contributed by atoms with Crippen LogP contribution in [0.5, 0.6) is 0 Å². The minimum absolute atomic E-state index is 0. The van der Waals surface area contributed by atoms with Crippen LogP contribution in [0.3, 0.4) is 0 Å². The highest BCUT2D eigenvalue weighted by Gasteiger charge is 2.07. The Hall–Kier alpha value is -0.360. The van der Waals surface area contributed by atoms with E-state index in [2.05, 4.69) is 5.84 Å². The van der Waals surface area contributed by atoms with Crippen LogP contribution in [-0.4, -0.2) is 23.7 Å². The van der Waals surface area contributed by atoms with E-state index in [1.165, 1.54) is 0 Å². The van der Waals surface area contributed by atoms with Crippen LogP contribution < -0.4 is 17.0 Å². The minimum atomic E-state index is -0.903. The number of aliphatic hydroxyl groups excluding tert-OH is 1. The first-order chi connectivity index (χ1) is 3.72. The van der Waals surface area contributed by atoms with Crippen molar-refractivity contribution in [1.29, 1.82) is 0 Å². The van der Waals surface area contributed by atoms with Crippen LogP contribution in [0.4, 0.5) is 0 Å². The van der Waals surface area contributed by atoms with Gasteiger partial charge in [0.1, 0.15) is 6.04 Å². The van der Waals surface area contributed by atoms with Crippen molar-refractivity contribution in [2.45, 2.75) is 6.04 Å². The summed E-state index contributed by atoms with van der Waals surface area (Å²) in [7, 11) is 0. The lowest BCUT2D eigenvalue weighted by molar-refractivity contribution is -0.123. The van der Waals surface area contributed by atoms with Crippen LogP contribution in [0.25, 0.3) is 0 Å². The summed E-state index contributed by atoms with van der Waals surface area (Å²) in [5, 5.41) is 8.19. The number of amides is 1. The molecule has 0 heterocycles. The quantitative estimate of drug-likeness (QED) is 0.205. The van der Waals surface area contributed by atoms with E-state index in [1.807, 2.05) is 0 Å². The van der Waals surface area contributed by atoms with Gasteiger partial charge in [0.25, 0.3) is 5.91 Å². The number of hydrogen-bond donors (Lipinski definition) is 4. The molecule has 0 bridgehead atoms. The third-order valence-electron chi connectivity index (χ3n) is 0.676. The molecule has 1 unspecified atom stereocenters. The van der Waals surface area contributed by atoms with Crippen molar-refractivity contribution >= 4 is 18.3 Å². The first-order valence-electron chi connectivity index (χ1n) is 2.09. The van der Waals surface area contributed by atoms with Gasteiger partial charge >= 0.3 is 0 Å². The number of carbonyl (C=O) groups is 1. The van der Waals surface area contributed by atoms with E-state index in [4.69, 9.17) is 10.8 Å². The third kappa shape index (κ3) is 4.16. The van der Waals surface area contributed by atoms with Gasteiger partial charge in [-0.05, 0) is 0 Å². The van der Waals surface area contributed by atoms with E-state index >= 15 is 0 Å². The smallest absolute Gasteiger partial charge is 0.253 e. The number of hydrazine groups is 1. The molecule has 0 radical (unpaired) electrons. The van der Waals surface area contributed by atoms with Crippen molar-refractivity contribution in [2.24, 2.45) is 11.6 Å². The van der Waals surface area contributed by atoms with Gasteiger partial charge in [0.05, 0.1) is 6.61 Å². The second kappa shape index (κ2) is 5.77. The summed E-state index contributed by atoms with van der Waals surface area (Å²) in [6, 6.07) is -0.903. The van der Waals surface area contributed by atoms with Crippen LogP contribution in [0.15, 0.2) is 0 Å². The molecule has 1 atom stereocenters. The summed E-state index contributed by atoms with van der Waals surface area (Å²) in [5.74, 6) is 4.10. The molecule has 0 aromatic heterocycles. The lowest BCUT2D eigenvalue weighted by Gasteiger charge is -2.03. The normalized spacial score (nSPS) is 11.4. The molecule has 56 valence electrons. The van der Waals surface area contributed by atoms with E-state index in [-0.39, 0.29) is 19.0 Å². The topological polar surface area (TPSA) is 101 Å². The van der Waals surface area contributed by atoms with Gasteiger partial charge in [-0.3, -0.25) is 10.2 Å². The zero-order chi connectivity index (χ0) is 6.57. The maximum Gasteiger partial charge on any atom is 0.253 e. The standard InChI is InChI=1S/C3H9N3O2.ClH/c4-2(1-7)3(8)6-5;/h2,7H,1,4-5H2,(H,6,8);1H. The molecule has 0 aliphatic carbocycles. The summed E-state index contributed by atoms with van der Waals surface area (Å²) in [4.78, 5) is 10.2. The van der Waals surface area contributed by atoms with Gasteiger partial charge in [-0.1, -0.05) is 0 Å². The Balaban J connectivity index is 0. The summed E-state index contributed by atoms with van der Waals surface area (Å²) >= 11 is 0. The molecule has 1 amide bonds. The van der Waals surface area contributed by atoms with Gasteiger partial charge in [-0.2, -0.15) is 0 Å². The number of aliphatic hydroxyl groups is 1.